The second-order valence-electron chi connectivity index (χ2n) is 5.70. The summed E-state index contributed by atoms with van der Waals surface area (Å²) in [6, 6.07) is 13.6. The molecule has 1 aliphatic heterocycles. The topological polar surface area (TPSA) is 58.6 Å². The third kappa shape index (κ3) is 2.70. The van der Waals surface area contributed by atoms with Gasteiger partial charge in [-0.3, -0.25) is 0 Å². The molecule has 0 radical (unpaired) electrons. The van der Waals surface area contributed by atoms with Crippen molar-refractivity contribution in [3.05, 3.63) is 64.7 Å². The van der Waals surface area contributed by atoms with Gasteiger partial charge in [-0.2, -0.15) is 0 Å². The zero-order valence-corrected chi connectivity index (χ0v) is 12.7. The Kier molecular flexibility index (Phi) is 3.86. The summed E-state index contributed by atoms with van der Waals surface area (Å²) >= 11 is 0. The maximum absolute atomic E-state index is 11.0. The minimum absolute atomic E-state index is 0.0764. The molecular formula is C18H19NO3. The first kappa shape index (κ1) is 14.6. The first-order chi connectivity index (χ1) is 10.6. The summed E-state index contributed by atoms with van der Waals surface area (Å²) < 4.78 is 5.31. The minimum Gasteiger partial charge on any atom is -0.497 e. The largest absolute Gasteiger partial charge is 0.497 e. The Morgan fingerprint density at radius 2 is 1.95 bits per heavy atom. The van der Waals surface area contributed by atoms with Crippen molar-refractivity contribution < 1.29 is 14.6 Å². The van der Waals surface area contributed by atoms with Gasteiger partial charge in [-0.05, 0) is 54.3 Å². The molecule has 114 valence electrons. The number of hydrogen-bond acceptors (Lipinski definition) is 3. The van der Waals surface area contributed by atoms with Crippen LogP contribution in [-0.4, -0.2) is 24.2 Å². The number of fused-ring (bicyclic) bond motifs is 1. The average molecular weight is 297 g/mol. The van der Waals surface area contributed by atoms with Crippen molar-refractivity contribution in [2.75, 3.05) is 7.11 Å². The number of nitrogens with one attached hydrogen (secondary N) is 1. The smallest absolute Gasteiger partial charge is 0.335 e. The highest BCUT2D eigenvalue weighted by Gasteiger charge is 2.25. The van der Waals surface area contributed by atoms with E-state index in [0.717, 1.165) is 17.7 Å². The van der Waals surface area contributed by atoms with Gasteiger partial charge < -0.3 is 15.2 Å². The van der Waals surface area contributed by atoms with E-state index in [2.05, 4.69) is 24.4 Å². The highest BCUT2D eigenvalue weighted by molar-refractivity contribution is 5.87. The van der Waals surface area contributed by atoms with Gasteiger partial charge in [-0.1, -0.05) is 18.2 Å². The normalized spacial score (nSPS) is 20.3. The van der Waals surface area contributed by atoms with Crippen molar-refractivity contribution in [3.8, 4) is 5.75 Å². The fourth-order valence-corrected chi connectivity index (χ4v) is 3.02. The van der Waals surface area contributed by atoms with Crippen LogP contribution in [0.4, 0.5) is 0 Å². The molecule has 0 saturated carbocycles. The molecule has 0 fully saturated rings. The molecule has 0 unspecified atom stereocenters. The number of ether oxygens (including phenoxy) is 1. The third-order valence-corrected chi connectivity index (χ3v) is 4.13. The molecule has 0 aliphatic carbocycles. The van der Waals surface area contributed by atoms with E-state index in [-0.39, 0.29) is 6.04 Å². The van der Waals surface area contributed by atoms with E-state index >= 15 is 0 Å². The Hall–Kier alpha value is -2.33. The minimum atomic E-state index is -0.901. The predicted molar refractivity (Wildman–Crippen MR) is 84.5 cm³/mol. The SMILES string of the molecule is COc1ccc2c(c1)C[C@H](C)N[C@H]2c1ccc(C(=O)O)cc1. The number of aromatic carboxylic acids is 1. The first-order valence-corrected chi connectivity index (χ1v) is 7.34. The highest BCUT2D eigenvalue weighted by atomic mass is 16.5. The van der Waals surface area contributed by atoms with Crippen LogP contribution in [0.3, 0.4) is 0 Å². The molecule has 0 saturated heterocycles. The van der Waals surface area contributed by atoms with E-state index in [0.29, 0.717) is 11.6 Å². The first-order valence-electron chi connectivity index (χ1n) is 7.34. The van der Waals surface area contributed by atoms with Crippen LogP contribution in [-0.2, 0) is 6.42 Å². The molecule has 0 amide bonds. The van der Waals surface area contributed by atoms with Crippen LogP contribution in [0.25, 0.3) is 0 Å². The number of rotatable bonds is 3. The van der Waals surface area contributed by atoms with Gasteiger partial charge in [0.15, 0.2) is 0 Å². The summed E-state index contributed by atoms with van der Waals surface area (Å²) in [7, 11) is 1.67. The average Bonchev–Trinajstić information content (AvgIpc) is 2.53. The van der Waals surface area contributed by atoms with Gasteiger partial charge in [0.1, 0.15) is 5.75 Å². The molecule has 2 N–H and O–H groups in total. The van der Waals surface area contributed by atoms with Crippen molar-refractivity contribution in [2.24, 2.45) is 0 Å². The van der Waals surface area contributed by atoms with Crippen molar-refractivity contribution in [1.29, 1.82) is 0 Å². The molecule has 2 atom stereocenters. The number of carboxylic acid groups (broad SMARTS) is 1. The lowest BCUT2D eigenvalue weighted by Crippen LogP contribution is -2.37. The van der Waals surface area contributed by atoms with Gasteiger partial charge in [0.05, 0.1) is 18.7 Å². The van der Waals surface area contributed by atoms with Crippen molar-refractivity contribution in [3.63, 3.8) is 0 Å². The van der Waals surface area contributed by atoms with E-state index < -0.39 is 5.97 Å². The summed E-state index contributed by atoms with van der Waals surface area (Å²) in [5.74, 6) is -0.0329. The monoisotopic (exact) mass is 297 g/mol. The quantitative estimate of drug-likeness (QED) is 0.914. The van der Waals surface area contributed by atoms with Gasteiger partial charge in [0.2, 0.25) is 0 Å². The van der Waals surface area contributed by atoms with Gasteiger partial charge in [-0.25, -0.2) is 4.79 Å². The molecule has 2 aromatic rings. The van der Waals surface area contributed by atoms with Crippen molar-refractivity contribution >= 4 is 5.97 Å². The van der Waals surface area contributed by atoms with E-state index in [1.807, 2.05) is 18.2 Å². The molecule has 0 spiro atoms. The van der Waals surface area contributed by atoms with Gasteiger partial charge in [-0.15, -0.1) is 0 Å². The fraction of sp³-hybridized carbons (Fsp3) is 0.278. The van der Waals surface area contributed by atoms with E-state index in [1.165, 1.54) is 11.1 Å². The lowest BCUT2D eigenvalue weighted by molar-refractivity contribution is 0.0697. The molecule has 1 aliphatic rings. The number of carbonyl (C=O) groups is 1. The van der Waals surface area contributed by atoms with Crippen LogP contribution in [0.15, 0.2) is 42.5 Å². The summed E-state index contributed by atoms with van der Waals surface area (Å²) in [4.78, 5) is 11.0. The molecular weight excluding hydrogens is 278 g/mol. The van der Waals surface area contributed by atoms with Crippen molar-refractivity contribution in [2.45, 2.75) is 25.4 Å². The Labute approximate surface area is 129 Å². The maximum Gasteiger partial charge on any atom is 0.335 e. The number of hydrogen-bond donors (Lipinski definition) is 2. The summed E-state index contributed by atoms with van der Waals surface area (Å²) in [5, 5.41) is 12.6. The van der Waals surface area contributed by atoms with Crippen LogP contribution < -0.4 is 10.1 Å². The predicted octanol–water partition coefficient (Wildman–Crippen LogP) is 3.02. The lowest BCUT2D eigenvalue weighted by Gasteiger charge is -2.32. The molecule has 0 aromatic heterocycles. The van der Waals surface area contributed by atoms with Crippen LogP contribution in [0.1, 0.15) is 40.0 Å². The maximum atomic E-state index is 11.0. The summed E-state index contributed by atoms with van der Waals surface area (Å²) in [5.41, 5.74) is 3.88. The van der Waals surface area contributed by atoms with Crippen LogP contribution >= 0.6 is 0 Å². The molecule has 22 heavy (non-hydrogen) atoms. The van der Waals surface area contributed by atoms with Crippen LogP contribution in [0.5, 0.6) is 5.75 Å². The van der Waals surface area contributed by atoms with Crippen LogP contribution in [0, 0.1) is 0 Å². The molecule has 4 heteroatoms. The van der Waals surface area contributed by atoms with Gasteiger partial charge in [0, 0.05) is 6.04 Å². The molecule has 2 aromatic carbocycles. The Balaban J connectivity index is 1.99. The van der Waals surface area contributed by atoms with Gasteiger partial charge in [0.25, 0.3) is 0 Å². The fourth-order valence-electron chi connectivity index (χ4n) is 3.02. The van der Waals surface area contributed by atoms with E-state index in [9.17, 15) is 4.79 Å². The second kappa shape index (κ2) is 5.81. The third-order valence-electron chi connectivity index (χ3n) is 4.13. The lowest BCUT2D eigenvalue weighted by atomic mass is 9.87. The van der Waals surface area contributed by atoms with Gasteiger partial charge >= 0.3 is 5.97 Å². The number of benzene rings is 2. The molecule has 4 nitrogen and oxygen atoms in total. The molecule has 0 bridgehead atoms. The number of carboxylic acids is 1. The van der Waals surface area contributed by atoms with Crippen LogP contribution in [0.2, 0.25) is 0 Å². The Bertz CT molecular complexity index is 694. The standard InChI is InChI=1S/C18H19NO3/c1-11-9-14-10-15(22-2)7-8-16(14)17(19-11)12-3-5-13(6-4-12)18(20)21/h3-8,10-11,17,19H,9H2,1-2H3,(H,20,21)/t11-,17-/m0/s1. The Morgan fingerprint density at radius 1 is 1.23 bits per heavy atom. The summed E-state index contributed by atoms with van der Waals surface area (Å²) in [6.07, 6.45) is 0.955. The number of methoxy groups -OCH3 is 1. The van der Waals surface area contributed by atoms with E-state index in [4.69, 9.17) is 9.84 Å². The van der Waals surface area contributed by atoms with Crippen molar-refractivity contribution in [1.82, 2.24) is 5.32 Å². The molecule has 3 rings (SSSR count). The summed E-state index contributed by atoms with van der Waals surface area (Å²) in [6.45, 7) is 2.15. The zero-order chi connectivity index (χ0) is 15.7. The Morgan fingerprint density at radius 3 is 2.59 bits per heavy atom. The molecule has 1 heterocycles. The zero-order valence-electron chi connectivity index (χ0n) is 12.7. The van der Waals surface area contributed by atoms with E-state index in [1.54, 1.807) is 19.2 Å². The highest BCUT2D eigenvalue weighted by Crippen LogP contribution is 2.32. The second-order valence-corrected chi connectivity index (χ2v) is 5.70.